The maximum atomic E-state index is 12.9. The van der Waals surface area contributed by atoms with E-state index in [1.807, 2.05) is 38.1 Å². The SMILES string of the molecule is CC(=O)N1CCC(C(=O)Nc2c(C#N)cnn2-c2cc(C)c3cccc(C)c3n2)CC1. The van der Waals surface area contributed by atoms with Gasteiger partial charge in [-0.05, 0) is 43.9 Å². The Hall–Kier alpha value is -3.73. The van der Waals surface area contributed by atoms with Crippen LogP contribution in [0.5, 0.6) is 0 Å². The molecule has 0 unspecified atom stereocenters. The first-order chi connectivity index (χ1) is 14.9. The average Bonchev–Trinajstić information content (AvgIpc) is 3.17. The van der Waals surface area contributed by atoms with E-state index < -0.39 is 0 Å². The van der Waals surface area contributed by atoms with Crippen molar-refractivity contribution < 1.29 is 9.59 Å². The number of piperidine rings is 1. The molecule has 8 heteroatoms. The summed E-state index contributed by atoms with van der Waals surface area (Å²) < 4.78 is 1.51. The topological polar surface area (TPSA) is 104 Å². The van der Waals surface area contributed by atoms with Crippen LogP contribution in [0.2, 0.25) is 0 Å². The van der Waals surface area contributed by atoms with Crippen molar-refractivity contribution in [3.63, 3.8) is 0 Å². The first kappa shape index (κ1) is 20.5. The average molecular weight is 416 g/mol. The van der Waals surface area contributed by atoms with E-state index in [0.29, 0.717) is 37.6 Å². The summed E-state index contributed by atoms with van der Waals surface area (Å²) in [6.07, 6.45) is 2.62. The molecular weight excluding hydrogens is 392 g/mol. The van der Waals surface area contributed by atoms with E-state index in [2.05, 4.69) is 16.5 Å². The van der Waals surface area contributed by atoms with Crippen LogP contribution < -0.4 is 5.32 Å². The second kappa shape index (κ2) is 8.19. The molecule has 2 aromatic heterocycles. The Labute approximate surface area is 180 Å². The van der Waals surface area contributed by atoms with Crippen molar-refractivity contribution in [2.75, 3.05) is 18.4 Å². The third-order valence-corrected chi connectivity index (χ3v) is 5.89. The number of pyridine rings is 1. The summed E-state index contributed by atoms with van der Waals surface area (Å²) in [5.74, 6) is 0.495. The molecule has 1 saturated heterocycles. The van der Waals surface area contributed by atoms with E-state index in [4.69, 9.17) is 4.98 Å². The van der Waals surface area contributed by atoms with Crippen molar-refractivity contribution in [1.29, 1.82) is 5.26 Å². The molecule has 0 bridgehead atoms. The zero-order valence-electron chi connectivity index (χ0n) is 17.8. The summed E-state index contributed by atoms with van der Waals surface area (Å²) in [6.45, 7) is 6.66. The number of amides is 2. The number of aryl methyl sites for hydroxylation is 2. The fourth-order valence-corrected chi connectivity index (χ4v) is 4.05. The molecular formula is C23H24N6O2. The van der Waals surface area contributed by atoms with Gasteiger partial charge in [0.05, 0.1) is 11.7 Å². The number of nitrogens with zero attached hydrogens (tertiary/aromatic N) is 5. The molecule has 1 fully saturated rings. The summed E-state index contributed by atoms with van der Waals surface area (Å²) in [5, 5.41) is 17.8. The number of para-hydroxylation sites is 1. The Kier molecular flexibility index (Phi) is 5.42. The number of hydrogen-bond acceptors (Lipinski definition) is 5. The maximum Gasteiger partial charge on any atom is 0.228 e. The van der Waals surface area contributed by atoms with Crippen molar-refractivity contribution in [2.45, 2.75) is 33.6 Å². The van der Waals surface area contributed by atoms with Gasteiger partial charge in [-0.15, -0.1) is 0 Å². The van der Waals surface area contributed by atoms with Crippen LogP contribution in [0.15, 0.2) is 30.5 Å². The van der Waals surface area contributed by atoms with E-state index in [1.54, 1.807) is 11.8 Å². The molecule has 0 aliphatic carbocycles. The second-order valence-electron chi connectivity index (χ2n) is 7.97. The summed E-state index contributed by atoms with van der Waals surface area (Å²) in [6, 6.07) is 10.0. The van der Waals surface area contributed by atoms with Crippen LogP contribution in [-0.2, 0) is 9.59 Å². The normalized spacial score (nSPS) is 14.5. The predicted octanol–water partition coefficient (Wildman–Crippen LogP) is 3.11. The molecule has 3 aromatic rings. The number of carbonyl (C=O) groups is 2. The van der Waals surface area contributed by atoms with Gasteiger partial charge in [0.2, 0.25) is 11.8 Å². The third-order valence-electron chi connectivity index (χ3n) is 5.89. The van der Waals surface area contributed by atoms with Crippen molar-refractivity contribution in [2.24, 2.45) is 5.92 Å². The predicted molar refractivity (Wildman–Crippen MR) is 117 cm³/mol. The number of likely N-dealkylation sites (tertiary alicyclic amines) is 1. The highest BCUT2D eigenvalue weighted by Crippen LogP contribution is 2.26. The van der Waals surface area contributed by atoms with Crippen LogP contribution in [0.25, 0.3) is 16.7 Å². The third kappa shape index (κ3) is 3.87. The molecule has 3 heterocycles. The highest BCUT2D eigenvalue weighted by Gasteiger charge is 2.28. The van der Waals surface area contributed by atoms with E-state index in [0.717, 1.165) is 22.0 Å². The van der Waals surface area contributed by atoms with Gasteiger partial charge in [-0.3, -0.25) is 9.59 Å². The maximum absolute atomic E-state index is 12.9. The molecule has 0 saturated carbocycles. The zero-order chi connectivity index (χ0) is 22.1. The number of anilines is 1. The molecule has 1 aliphatic heterocycles. The smallest absolute Gasteiger partial charge is 0.228 e. The van der Waals surface area contributed by atoms with Crippen LogP contribution >= 0.6 is 0 Å². The highest BCUT2D eigenvalue weighted by molar-refractivity contribution is 5.93. The summed E-state index contributed by atoms with van der Waals surface area (Å²) >= 11 is 0. The standard InChI is InChI=1S/C23H24N6O2/c1-14-5-4-6-19-15(2)11-20(26-21(14)19)29-22(18(12-24)13-25-29)27-23(31)17-7-9-28(10-8-17)16(3)30/h4-6,11,13,17H,7-10H2,1-3H3,(H,27,31). The van der Waals surface area contributed by atoms with Crippen LogP contribution in [0, 0.1) is 31.1 Å². The lowest BCUT2D eigenvalue weighted by Crippen LogP contribution is -2.40. The lowest BCUT2D eigenvalue weighted by Gasteiger charge is -2.30. The van der Waals surface area contributed by atoms with Gasteiger partial charge in [0.15, 0.2) is 11.6 Å². The number of benzene rings is 1. The van der Waals surface area contributed by atoms with Crippen molar-refractivity contribution in [1.82, 2.24) is 19.7 Å². The Morgan fingerprint density at radius 1 is 1.19 bits per heavy atom. The van der Waals surface area contributed by atoms with Gasteiger partial charge < -0.3 is 10.2 Å². The molecule has 4 rings (SSSR count). The molecule has 31 heavy (non-hydrogen) atoms. The molecule has 1 N–H and O–H groups in total. The molecule has 1 aliphatic rings. The Balaban J connectivity index is 1.65. The van der Waals surface area contributed by atoms with Crippen LogP contribution in [0.1, 0.15) is 36.5 Å². The summed E-state index contributed by atoms with van der Waals surface area (Å²) in [5.41, 5.74) is 3.21. The number of fused-ring (bicyclic) bond motifs is 1. The van der Waals surface area contributed by atoms with Gasteiger partial charge >= 0.3 is 0 Å². The van der Waals surface area contributed by atoms with Gasteiger partial charge in [-0.25, -0.2) is 4.98 Å². The first-order valence-electron chi connectivity index (χ1n) is 10.3. The van der Waals surface area contributed by atoms with Gasteiger partial charge in [0, 0.05) is 31.3 Å². The molecule has 0 spiro atoms. The van der Waals surface area contributed by atoms with Crippen molar-refractivity contribution in [3.05, 3.63) is 47.2 Å². The number of carbonyl (C=O) groups excluding carboxylic acids is 2. The second-order valence-corrected chi connectivity index (χ2v) is 7.97. The van der Waals surface area contributed by atoms with Crippen LogP contribution in [0.4, 0.5) is 5.82 Å². The van der Waals surface area contributed by atoms with Gasteiger partial charge in [-0.1, -0.05) is 18.2 Å². The van der Waals surface area contributed by atoms with Crippen LogP contribution in [-0.4, -0.2) is 44.6 Å². The fourth-order valence-electron chi connectivity index (χ4n) is 4.05. The molecule has 1 aromatic carbocycles. The van der Waals surface area contributed by atoms with E-state index in [1.165, 1.54) is 10.9 Å². The summed E-state index contributed by atoms with van der Waals surface area (Å²) in [4.78, 5) is 31.0. The number of rotatable bonds is 3. The largest absolute Gasteiger partial charge is 0.343 e. The van der Waals surface area contributed by atoms with Gasteiger partial charge in [0.25, 0.3) is 0 Å². The van der Waals surface area contributed by atoms with E-state index >= 15 is 0 Å². The molecule has 158 valence electrons. The first-order valence-corrected chi connectivity index (χ1v) is 10.3. The fraction of sp³-hybridized carbons (Fsp3) is 0.348. The van der Waals surface area contributed by atoms with Crippen molar-refractivity contribution in [3.8, 4) is 11.9 Å². The van der Waals surface area contributed by atoms with E-state index in [-0.39, 0.29) is 23.3 Å². The molecule has 0 atom stereocenters. The Morgan fingerprint density at radius 3 is 2.61 bits per heavy atom. The monoisotopic (exact) mass is 416 g/mol. The lowest BCUT2D eigenvalue weighted by molar-refractivity contribution is -0.132. The minimum atomic E-state index is -0.223. The minimum absolute atomic E-state index is 0.0248. The van der Waals surface area contributed by atoms with Crippen molar-refractivity contribution >= 4 is 28.5 Å². The molecule has 2 amide bonds. The lowest BCUT2D eigenvalue weighted by atomic mass is 9.96. The highest BCUT2D eigenvalue weighted by atomic mass is 16.2. The number of aromatic nitrogens is 3. The van der Waals surface area contributed by atoms with Crippen LogP contribution in [0.3, 0.4) is 0 Å². The minimum Gasteiger partial charge on any atom is -0.343 e. The molecule has 8 nitrogen and oxygen atoms in total. The van der Waals surface area contributed by atoms with Gasteiger partial charge in [0.1, 0.15) is 11.6 Å². The zero-order valence-corrected chi connectivity index (χ0v) is 17.8. The Morgan fingerprint density at radius 2 is 1.94 bits per heavy atom. The molecule has 0 radical (unpaired) electrons. The van der Waals surface area contributed by atoms with Gasteiger partial charge in [-0.2, -0.15) is 15.0 Å². The number of nitrogens with one attached hydrogen (secondary N) is 1. The number of hydrogen-bond donors (Lipinski definition) is 1. The Bertz CT molecular complexity index is 1210. The quantitative estimate of drug-likeness (QED) is 0.706. The summed E-state index contributed by atoms with van der Waals surface area (Å²) in [7, 11) is 0. The number of nitriles is 1. The van der Waals surface area contributed by atoms with E-state index in [9.17, 15) is 14.9 Å².